The molecule has 3 N–H and O–H groups in total. The fraction of sp³-hybridized carbons (Fsp3) is 0.391. The molecule has 2 amide bonds. The Balaban J connectivity index is 1.63. The fourth-order valence-electron chi connectivity index (χ4n) is 3.30. The van der Waals surface area contributed by atoms with E-state index < -0.39 is 18.5 Å². The summed E-state index contributed by atoms with van der Waals surface area (Å²) in [4.78, 5) is 18.3. The lowest BCUT2D eigenvalue weighted by Gasteiger charge is -2.27. The minimum atomic E-state index is -1.15. The van der Waals surface area contributed by atoms with Gasteiger partial charge in [-0.05, 0) is 41.2 Å². The minimum Gasteiger partial charge on any atom is -0.393 e. The summed E-state index contributed by atoms with van der Waals surface area (Å²) in [7, 11) is 0. The molecule has 30 heavy (non-hydrogen) atoms. The molecule has 0 aliphatic carbocycles. The molecule has 1 aromatic heterocycles. The number of nitrogens with zero attached hydrogens (tertiary/aromatic N) is 2. The van der Waals surface area contributed by atoms with E-state index in [1.54, 1.807) is 11.0 Å². The van der Waals surface area contributed by atoms with Gasteiger partial charge in [-0.15, -0.1) is 0 Å². The molecule has 6 nitrogen and oxygen atoms in total. The lowest BCUT2D eigenvalue weighted by Crippen LogP contribution is -2.38. The number of hydrogen-bond acceptors (Lipinski definition) is 4. The largest absolute Gasteiger partial charge is 0.393 e. The first-order chi connectivity index (χ1) is 14.2. The highest BCUT2D eigenvalue weighted by molar-refractivity contribution is 5.90. The molecule has 1 atom stereocenters. The molecule has 2 heterocycles. The number of aliphatic hydroxyl groups excluding tert-OH is 2. The van der Waals surface area contributed by atoms with Crippen LogP contribution >= 0.6 is 0 Å². The SMILES string of the molecule is CC(C)(C)c1ccc(NC(=O)N2CC=C(c3ncc([C@H](O)CO)cc3F)CC2)cc1. The van der Waals surface area contributed by atoms with Gasteiger partial charge < -0.3 is 20.4 Å². The highest BCUT2D eigenvalue weighted by Crippen LogP contribution is 2.26. The Labute approximate surface area is 176 Å². The summed E-state index contributed by atoms with van der Waals surface area (Å²) < 4.78 is 14.4. The molecule has 3 rings (SSSR count). The number of rotatable bonds is 4. The van der Waals surface area contributed by atoms with Crippen molar-refractivity contribution in [2.75, 3.05) is 25.0 Å². The summed E-state index contributed by atoms with van der Waals surface area (Å²) >= 11 is 0. The van der Waals surface area contributed by atoms with E-state index >= 15 is 0 Å². The molecule has 0 radical (unpaired) electrons. The first-order valence-electron chi connectivity index (χ1n) is 9.99. The molecule has 160 valence electrons. The van der Waals surface area contributed by atoms with Gasteiger partial charge in [0.2, 0.25) is 0 Å². The van der Waals surface area contributed by atoms with Crippen molar-refractivity contribution in [2.45, 2.75) is 38.7 Å². The van der Waals surface area contributed by atoms with E-state index in [0.29, 0.717) is 19.5 Å². The van der Waals surface area contributed by atoms with E-state index in [9.17, 15) is 14.3 Å². The van der Waals surface area contributed by atoms with Crippen LogP contribution < -0.4 is 5.32 Å². The van der Waals surface area contributed by atoms with Crippen molar-refractivity contribution in [1.82, 2.24) is 9.88 Å². The van der Waals surface area contributed by atoms with Gasteiger partial charge >= 0.3 is 6.03 Å². The molecule has 1 aliphatic rings. The minimum absolute atomic E-state index is 0.0499. The van der Waals surface area contributed by atoms with Crippen LogP contribution in [0.4, 0.5) is 14.9 Å². The fourth-order valence-corrected chi connectivity index (χ4v) is 3.30. The van der Waals surface area contributed by atoms with Gasteiger partial charge in [0, 0.05) is 30.5 Å². The van der Waals surface area contributed by atoms with E-state index in [1.807, 2.05) is 24.3 Å². The van der Waals surface area contributed by atoms with Crippen LogP contribution in [0.2, 0.25) is 0 Å². The average Bonchev–Trinajstić information content (AvgIpc) is 2.73. The standard InChI is InChI=1S/C23H28FN3O3/c1-23(2,3)17-4-6-18(7-5-17)26-22(30)27-10-8-15(9-11-27)21-19(24)12-16(13-25-21)20(29)14-28/h4-8,12-13,20,28-29H,9-11,14H2,1-3H3,(H,26,30)/t20-/m1/s1. The van der Waals surface area contributed by atoms with Gasteiger partial charge in [-0.25, -0.2) is 9.18 Å². The summed E-state index contributed by atoms with van der Waals surface area (Å²) in [5.41, 5.74) is 3.13. The first kappa shape index (κ1) is 21.9. The van der Waals surface area contributed by atoms with Gasteiger partial charge in [0.25, 0.3) is 0 Å². The Kier molecular flexibility index (Phi) is 6.53. The Hall–Kier alpha value is -2.77. The van der Waals surface area contributed by atoms with E-state index in [2.05, 4.69) is 31.1 Å². The molecular formula is C23H28FN3O3. The second kappa shape index (κ2) is 8.93. The number of urea groups is 1. The number of pyridine rings is 1. The predicted molar refractivity (Wildman–Crippen MR) is 115 cm³/mol. The molecule has 0 bridgehead atoms. The Morgan fingerprint density at radius 1 is 1.30 bits per heavy atom. The highest BCUT2D eigenvalue weighted by Gasteiger charge is 2.21. The third kappa shape index (κ3) is 5.04. The normalized spacial score (nSPS) is 15.5. The van der Waals surface area contributed by atoms with E-state index in [1.165, 1.54) is 17.8 Å². The zero-order valence-corrected chi connectivity index (χ0v) is 17.5. The number of aromatic nitrogens is 1. The molecule has 0 fully saturated rings. The van der Waals surface area contributed by atoms with Crippen molar-refractivity contribution < 1.29 is 19.4 Å². The highest BCUT2D eigenvalue weighted by atomic mass is 19.1. The summed E-state index contributed by atoms with van der Waals surface area (Å²) in [5.74, 6) is -0.553. The summed E-state index contributed by atoms with van der Waals surface area (Å²) in [6, 6.07) is 8.79. The molecule has 0 spiro atoms. The molecule has 7 heteroatoms. The summed E-state index contributed by atoms with van der Waals surface area (Å²) in [6.45, 7) is 6.71. The molecule has 1 aliphatic heterocycles. The number of anilines is 1. The van der Waals surface area contributed by atoms with Gasteiger partial charge in [-0.2, -0.15) is 0 Å². The van der Waals surface area contributed by atoms with Gasteiger partial charge in [0.1, 0.15) is 17.6 Å². The smallest absolute Gasteiger partial charge is 0.322 e. The number of benzene rings is 1. The molecule has 0 saturated heterocycles. The Bertz CT molecular complexity index is 936. The lowest BCUT2D eigenvalue weighted by molar-refractivity contribution is 0.0950. The maximum absolute atomic E-state index is 14.4. The summed E-state index contributed by atoms with van der Waals surface area (Å²) in [6.07, 6.45) is 2.47. The molecule has 2 aromatic rings. The number of carbonyl (C=O) groups excluding carboxylic acids is 1. The van der Waals surface area contributed by atoms with Crippen LogP contribution in [0.25, 0.3) is 5.57 Å². The second-order valence-corrected chi connectivity index (χ2v) is 8.48. The van der Waals surface area contributed by atoms with Gasteiger partial charge in [0.05, 0.1) is 6.61 Å². The number of amides is 2. The predicted octanol–water partition coefficient (Wildman–Crippen LogP) is 3.87. The maximum Gasteiger partial charge on any atom is 0.322 e. The van der Waals surface area contributed by atoms with Crippen molar-refractivity contribution in [3.63, 3.8) is 0 Å². The van der Waals surface area contributed by atoms with Crippen molar-refractivity contribution in [3.8, 4) is 0 Å². The third-order valence-corrected chi connectivity index (χ3v) is 5.22. The van der Waals surface area contributed by atoms with Crippen LogP contribution in [0.5, 0.6) is 0 Å². The quantitative estimate of drug-likeness (QED) is 0.710. The van der Waals surface area contributed by atoms with Crippen molar-refractivity contribution in [2.24, 2.45) is 0 Å². The topological polar surface area (TPSA) is 85.7 Å². The second-order valence-electron chi connectivity index (χ2n) is 8.48. The Morgan fingerprint density at radius 2 is 2.00 bits per heavy atom. The average molecular weight is 413 g/mol. The number of halogens is 1. The first-order valence-corrected chi connectivity index (χ1v) is 9.99. The van der Waals surface area contributed by atoms with Gasteiger partial charge in [0.15, 0.2) is 0 Å². The van der Waals surface area contributed by atoms with E-state index in [-0.39, 0.29) is 22.7 Å². The molecular weight excluding hydrogens is 385 g/mol. The number of hydrogen-bond donors (Lipinski definition) is 3. The summed E-state index contributed by atoms with van der Waals surface area (Å²) in [5, 5.41) is 21.5. The zero-order chi connectivity index (χ0) is 21.9. The van der Waals surface area contributed by atoms with Gasteiger partial charge in [-0.1, -0.05) is 39.0 Å². The van der Waals surface area contributed by atoms with Crippen LogP contribution in [0.15, 0.2) is 42.6 Å². The van der Waals surface area contributed by atoms with Crippen LogP contribution in [-0.2, 0) is 5.41 Å². The molecule has 1 aromatic carbocycles. The molecule has 0 saturated carbocycles. The monoisotopic (exact) mass is 413 g/mol. The van der Waals surface area contributed by atoms with Crippen LogP contribution in [-0.4, -0.2) is 45.8 Å². The number of nitrogens with one attached hydrogen (secondary N) is 1. The maximum atomic E-state index is 14.4. The lowest BCUT2D eigenvalue weighted by atomic mass is 9.87. The Morgan fingerprint density at radius 3 is 2.53 bits per heavy atom. The van der Waals surface area contributed by atoms with Gasteiger partial charge in [-0.3, -0.25) is 4.98 Å². The third-order valence-electron chi connectivity index (χ3n) is 5.22. The van der Waals surface area contributed by atoms with E-state index in [4.69, 9.17) is 5.11 Å². The molecule has 0 unspecified atom stereocenters. The van der Waals surface area contributed by atoms with Crippen molar-refractivity contribution in [1.29, 1.82) is 0 Å². The van der Waals surface area contributed by atoms with Crippen molar-refractivity contribution >= 4 is 17.3 Å². The zero-order valence-electron chi connectivity index (χ0n) is 17.5. The number of carbonyl (C=O) groups is 1. The van der Waals surface area contributed by atoms with Crippen molar-refractivity contribution in [3.05, 3.63) is 65.2 Å². The van der Waals surface area contributed by atoms with Crippen LogP contribution in [0, 0.1) is 5.82 Å². The van der Waals surface area contributed by atoms with E-state index in [0.717, 1.165) is 11.3 Å². The number of aliphatic hydroxyl groups is 2. The van der Waals surface area contributed by atoms with Crippen LogP contribution in [0.3, 0.4) is 0 Å². The van der Waals surface area contributed by atoms with Crippen LogP contribution in [0.1, 0.15) is 50.1 Å².